The van der Waals surface area contributed by atoms with E-state index in [1.165, 1.54) is 16.9 Å². The Balaban J connectivity index is 1.82. The molecule has 3 heteroatoms. The molecule has 0 radical (unpaired) electrons. The van der Waals surface area contributed by atoms with Crippen LogP contribution in [0, 0.1) is 0 Å². The minimum Gasteiger partial charge on any atom is -0.392 e. The molecule has 0 unspecified atom stereocenters. The maximum absolute atomic E-state index is 9.10. The molecule has 1 aliphatic heterocycles. The van der Waals surface area contributed by atoms with Crippen molar-refractivity contribution in [3.63, 3.8) is 0 Å². The fourth-order valence-electron chi connectivity index (χ4n) is 2.65. The number of anilines is 2. The van der Waals surface area contributed by atoms with Gasteiger partial charge in [0.05, 0.1) is 18.0 Å². The van der Waals surface area contributed by atoms with Gasteiger partial charge in [0.25, 0.3) is 0 Å². The van der Waals surface area contributed by atoms with E-state index in [1.807, 2.05) is 12.1 Å². The van der Waals surface area contributed by atoms with Crippen molar-refractivity contribution in [2.45, 2.75) is 19.6 Å². The fraction of sp³-hybridized carbons (Fsp3) is 0.294. The molecule has 0 fully saturated rings. The number of fused-ring (bicyclic) bond motifs is 1. The van der Waals surface area contributed by atoms with Crippen LogP contribution in [-0.4, -0.2) is 18.2 Å². The summed E-state index contributed by atoms with van der Waals surface area (Å²) in [5.41, 5.74) is 4.73. The van der Waals surface area contributed by atoms with Crippen molar-refractivity contribution < 1.29 is 5.11 Å². The van der Waals surface area contributed by atoms with Gasteiger partial charge in [-0.3, -0.25) is 0 Å². The number of benzene rings is 2. The highest BCUT2D eigenvalue weighted by Crippen LogP contribution is 2.29. The summed E-state index contributed by atoms with van der Waals surface area (Å²) in [7, 11) is 0. The van der Waals surface area contributed by atoms with Crippen LogP contribution in [0.1, 0.15) is 17.5 Å². The summed E-state index contributed by atoms with van der Waals surface area (Å²) < 4.78 is 0. The molecule has 0 spiro atoms. The highest BCUT2D eigenvalue weighted by Gasteiger charge is 2.14. The van der Waals surface area contributed by atoms with Crippen molar-refractivity contribution in [3.05, 3.63) is 59.7 Å². The van der Waals surface area contributed by atoms with Gasteiger partial charge in [0.1, 0.15) is 0 Å². The first-order valence-electron chi connectivity index (χ1n) is 7.13. The number of nitrogens with zero attached hydrogens (tertiary/aromatic N) is 1. The zero-order valence-electron chi connectivity index (χ0n) is 11.5. The molecule has 1 aliphatic rings. The molecular weight excluding hydrogens is 248 g/mol. The molecule has 1 heterocycles. The standard InChI is InChI=1S/C17H20N2O/c20-13-15-8-6-14(7-9-15)12-19-11-3-10-18-16-4-1-2-5-17(16)19/h1-2,4-9,18,20H,3,10-13H2. The Hall–Kier alpha value is -2.00. The molecule has 3 rings (SSSR count). The predicted molar refractivity (Wildman–Crippen MR) is 83.0 cm³/mol. The molecule has 0 aromatic heterocycles. The third kappa shape index (κ3) is 2.78. The van der Waals surface area contributed by atoms with E-state index in [1.54, 1.807) is 0 Å². The van der Waals surface area contributed by atoms with Crippen LogP contribution < -0.4 is 10.2 Å². The predicted octanol–water partition coefficient (Wildman–Crippen LogP) is 3.00. The Labute approximate surface area is 119 Å². The van der Waals surface area contributed by atoms with E-state index in [9.17, 15) is 0 Å². The molecular formula is C17H20N2O. The highest BCUT2D eigenvalue weighted by molar-refractivity contribution is 5.70. The van der Waals surface area contributed by atoms with Gasteiger partial charge in [0, 0.05) is 19.6 Å². The van der Waals surface area contributed by atoms with Crippen LogP contribution in [0.4, 0.5) is 11.4 Å². The molecule has 104 valence electrons. The van der Waals surface area contributed by atoms with Crippen molar-refractivity contribution in [2.24, 2.45) is 0 Å². The van der Waals surface area contributed by atoms with Gasteiger partial charge in [0.15, 0.2) is 0 Å². The van der Waals surface area contributed by atoms with Crippen molar-refractivity contribution in [1.82, 2.24) is 0 Å². The second-order valence-corrected chi connectivity index (χ2v) is 5.19. The maximum Gasteiger partial charge on any atom is 0.0681 e. The smallest absolute Gasteiger partial charge is 0.0681 e. The minimum absolute atomic E-state index is 0.108. The van der Waals surface area contributed by atoms with Gasteiger partial charge in [-0.1, -0.05) is 36.4 Å². The number of aliphatic hydroxyl groups is 1. The Kier molecular flexibility index (Phi) is 3.88. The van der Waals surface area contributed by atoms with Gasteiger partial charge in [-0.05, 0) is 29.7 Å². The monoisotopic (exact) mass is 268 g/mol. The Morgan fingerprint density at radius 3 is 2.55 bits per heavy atom. The summed E-state index contributed by atoms with van der Waals surface area (Å²) in [6, 6.07) is 16.7. The van der Waals surface area contributed by atoms with E-state index in [2.05, 4.69) is 46.6 Å². The molecule has 0 saturated carbocycles. The zero-order chi connectivity index (χ0) is 13.8. The lowest BCUT2D eigenvalue weighted by molar-refractivity contribution is 0.282. The summed E-state index contributed by atoms with van der Waals surface area (Å²) >= 11 is 0. The summed E-state index contributed by atoms with van der Waals surface area (Å²) in [6.07, 6.45) is 1.14. The van der Waals surface area contributed by atoms with Crippen LogP contribution in [0.15, 0.2) is 48.5 Å². The summed E-state index contributed by atoms with van der Waals surface area (Å²) in [5, 5.41) is 12.6. The molecule has 20 heavy (non-hydrogen) atoms. The third-order valence-electron chi connectivity index (χ3n) is 3.74. The van der Waals surface area contributed by atoms with Crippen LogP contribution in [-0.2, 0) is 13.2 Å². The molecule has 2 aromatic carbocycles. The molecule has 0 atom stereocenters. The maximum atomic E-state index is 9.10. The van der Waals surface area contributed by atoms with Crippen LogP contribution in [0.2, 0.25) is 0 Å². The van der Waals surface area contributed by atoms with E-state index in [0.29, 0.717) is 0 Å². The van der Waals surface area contributed by atoms with Gasteiger partial charge >= 0.3 is 0 Å². The summed E-state index contributed by atoms with van der Waals surface area (Å²) in [6.45, 7) is 3.10. The molecule has 3 nitrogen and oxygen atoms in total. The van der Waals surface area contributed by atoms with Crippen LogP contribution >= 0.6 is 0 Å². The Bertz CT molecular complexity index is 565. The van der Waals surface area contributed by atoms with Crippen LogP contribution in [0.5, 0.6) is 0 Å². The second-order valence-electron chi connectivity index (χ2n) is 5.19. The van der Waals surface area contributed by atoms with E-state index in [-0.39, 0.29) is 6.61 Å². The lowest BCUT2D eigenvalue weighted by Crippen LogP contribution is -2.23. The average molecular weight is 268 g/mol. The lowest BCUT2D eigenvalue weighted by atomic mass is 10.1. The van der Waals surface area contributed by atoms with Crippen molar-refractivity contribution in [3.8, 4) is 0 Å². The first-order valence-corrected chi connectivity index (χ1v) is 7.13. The van der Waals surface area contributed by atoms with Gasteiger partial charge in [-0.2, -0.15) is 0 Å². The molecule has 2 N–H and O–H groups in total. The lowest BCUT2D eigenvalue weighted by Gasteiger charge is -2.24. The minimum atomic E-state index is 0.108. The second kappa shape index (κ2) is 5.97. The van der Waals surface area contributed by atoms with Gasteiger partial charge in [-0.25, -0.2) is 0 Å². The quantitative estimate of drug-likeness (QED) is 0.898. The number of para-hydroxylation sites is 2. The van der Waals surface area contributed by atoms with Gasteiger partial charge < -0.3 is 15.3 Å². The number of hydrogen-bond acceptors (Lipinski definition) is 3. The topological polar surface area (TPSA) is 35.5 Å². The molecule has 2 aromatic rings. The third-order valence-corrected chi connectivity index (χ3v) is 3.74. The Morgan fingerprint density at radius 2 is 1.75 bits per heavy atom. The molecule has 0 saturated heterocycles. The van der Waals surface area contributed by atoms with E-state index in [0.717, 1.165) is 31.6 Å². The number of nitrogens with one attached hydrogen (secondary N) is 1. The SMILES string of the molecule is OCc1ccc(CN2CCCNc3ccccc32)cc1. The van der Waals surface area contributed by atoms with Crippen molar-refractivity contribution in [2.75, 3.05) is 23.3 Å². The first kappa shape index (κ1) is 13.0. The van der Waals surface area contributed by atoms with Gasteiger partial charge in [0.2, 0.25) is 0 Å². The molecule has 0 bridgehead atoms. The van der Waals surface area contributed by atoms with E-state index < -0.39 is 0 Å². The normalized spacial score (nSPS) is 14.3. The average Bonchev–Trinajstić information content (AvgIpc) is 2.71. The largest absolute Gasteiger partial charge is 0.392 e. The van der Waals surface area contributed by atoms with Crippen molar-refractivity contribution >= 4 is 11.4 Å². The highest BCUT2D eigenvalue weighted by atomic mass is 16.3. The van der Waals surface area contributed by atoms with E-state index >= 15 is 0 Å². The number of rotatable bonds is 3. The molecule has 0 aliphatic carbocycles. The van der Waals surface area contributed by atoms with Crippen LogP contribution in [0.3, 0.4) is 0 Å². The first-order chi connectivity index (χ1) is 9.86. The van der Waals surface area contributed by atoms with Crippen molar-refractivity contribution in [1.29, 1.82) is 0 Å². The summed E-state index contributed by atoms with van der Waals surface area (Å²) in [4.78, 5) is 2.42. The Morgan fingerprint density at radius 1 is 1.00 bits per heavy atom. The zero-order valence-corrected chi connectivity index (χ0v) is 11.5. The fourth-order valence-corrected chi connectivity index (χ4v) is 2.65. The van der Waals surface area contributed by atoms with E-state index in [4.69, 9.17) is 5.11 Å². The number of aliphatic hydroxyl groups excluding tert-OH is 1. The number of hydrogen-bond donors (Lipinski definition) is 2. The summed E-state index contributed by atoms with van der Waals surface area (Å²) in [5.74, 6) is 0. The van der Waals surface area contributed by atoms with Gasteiger partial charge in [-0.15, -0.1) is 0 Å². The molecule has 0 amide bonds. The van der Waals surface area contributed by atoms with Crippen LogP contribution in [0.25, 0.3) is 0 Å².